The number of hydrogen-bond donors (Lipinski definition) is 2. The van der Waals surface area contributed by atoms with Crippen LogP contribution in [0.2, 0.25) is 0 Å². The summed E-state index contributed by atoms with van der Waals surface area (Å²) in [6.45, 7) is 0.568. The van der Waals surface area contributed by atoms with Crippen LogP contribution in [0.25, 0.3) is 0 Å². The van der Waals surface area contributed by atoms with Crippen molar-refractivity contribution in [3.8, 4) is 0 Å². The molecule has 0 fully saturated rings. The number of anilines is 1. The molecular weight excluding hydrogens is 416 g/mol. The second-order valence-corrected chi connectivity index (χ2v) is 9.39. The van der Waals surface area contributed by atoms with Crippen molar-refractivity contribution in [2.75, 3.05) is 11.1 Å². The number of nitrogens with one attached hydrogen (secondary N) is 1. The molecule has 3 heterocycles. The van der Waals surface area contributed by atoms with Gasteiger partial charge in [-0.05, 0) is 53.1 Å². The van der Waals surface area contributed by atoms with E-state index < -0.39 is 5.91 Å². The highest BCUT2D eigenvalue weighted by atomic mass is 32.2. The van der Waals surface area contributed by atoms with Crippen LogP contribution in [0.15, 0.2) is 22.7 Å². The van der Waals surface area contributed by atoms with Crippen molar-refractivity contribution in [1.82, 2.24) is 20.2 Å². The van der Waals surface area contributed by atoms with E-state index in [1.165, 1.54) is 23.1 Å². The Balaban J connectivity index is 1.41. The van der Waals surface area contributed by atoms with Crippen molar-refractivity contribution < 1.29 is 9.59 Å². The van der Waals surface area contributed by atoms with Gasteiger partial charge in [0, 0.05) is 9.75 Å². The number of thiophene rings is 2. The lowest BCUT2D eigenvalue weighted by molar-refractivity contribution is -0.113. The fourth-order valence-electron chi connectivity index (χ4n) is 3.16. The van der Waals surface area contributed by atoms with E-state index in [-0.39, 0.29) is 11.7 Å². The van der Waals surface area contributed by atoms with E-state index in [0.29, 0.717) is 22.3 Å². The van der Waals surface area contributed by atoms with Gasteiger partial charge in [0.1, 0.15) is 5.00 Å². The SMILES string of the molecule is NC(=O)c1c(NC(=O)CSc2nnnn2Cc2cccs2)sc2c1CCCC2. The summed E-state index contributed by atoms with van der Waals surface area (Å²) in [5.41, 5.74) is 7.06. The van der Waals surface area contributed by atoms with Gasteiger partial charge in [0.25, 0.3) is 5.91 Å². The standard InChI is InChI=1S/C17H18N6O2S3/c18-15(25)14-11-5-1-2-6-12(11)28-16(14)19-13(24)9-27-17-20-21-22-23(17)8-10-4-3-7-26-10/h3-4,7H,1-2,5-6,8-9H2,(H2,18,25)(H,19,24). The number of fused-ring (bicyclic) bond motifs is 1. The number of aryl methyl sites for hydroxylation is 1. The van der Waals surface area contributed by atoms with Gasteiger partial charge in [0.2, 0.25) is 11.1 Å². The average Bonchev–Trinajstić information content (AvgIpc) is 3.39. The van der Waals surface area contributed by atoms with Gasteiger partial charge in [-0.25, -0.2) is 4.68 Å². The van der Waals surface area contributed by atoms with Crippen LogP contribution >= 0.6 is 34.4 Å². The van der Waals surface area contributed by atoms with E-state index in [1.54, 1.807) is 16.0 Å². The van der Waals surface area contributed by atoms with Crippen LogP contribution in [-0.4, -0.2) is 37.8 Å². The Hall–Kier alpha value is -2.24. The largest absolute Gasteiger partial charge is 0.365 e. The predicted molar refractivity (Wildman–Crippen MR) is 110 cm³/mol. The van der Waals surface area contributed by atoms with Crippen molar-refractivity contribution in [3.05, 3.63) is 38.4 Å². The van der Waals surface area contributed by atoms with Crippen molar-refractivity contribution in [2.45, 2.75) is 37.4 Å². The summed E-state index contributed by atoms with van der Waals surface area (Å²) >= 11 is 4.35. The molecule has 0 aliphatic heterocycles. The monoisotopic (exact) mass is 434 g/mol. The molecule has 11 heteroatoms. The zero-order valence-corrected chi connectivity index (χ0v) is 17.3. The average molecular weight is 435 g/mol. The van der Waals surface area contributed by atoms with Crippen LogP contribution in [0.5, 0.6) is 0 Å². The summed E-state index contributed by atoms with van der Waals surface area (Å²) in [7, 11) is 0. The van der Waals surface area contributed by atoms with Crippen LogP contribution in [0.1, 0.15) is 38.5 Å². The molecule has 0 unspecified atom stereocenters. The topological polar surface area (TPSA) is 116 Å². The summed E-state index contributed by atoms with van der Waals surface area (Å²) in [6, 6.07) is 3.99. The van der Waals surface area contributed by atoms with Gasteiger partial charge >= 0.3 is 0 Å². The van der Waals surface area contributed by atoms with Crippen molar-refractivity contribution in [1.29, 1.82) is 0 Å². The number of thioether (sulfide) groups is 1. The molecule has 28 heavy (non-hydrogen) atoms. The minimum atomic E-state index is -0.484. The minimum Gasteiger partial charge on any atom is -0.365 e. The number of amides is 2. The number of aromatic nitrogens is 4. The van der Waals surface area contributed by atoms with E-state index >= 15 is 0 Å². The number of carbonyl (C=O) groups is 2. The quantitative estimate of drug-likeness (QED) is 0.552. The molecule has 2 amide bonds. The highest BCUT2D eigenvalue weighted by molar-refractivity contribution is 7.99. The molecule has 0 spiro atoms. The number of carbonyl (C=O) groups excluding carboxylic acids is 2. The van der Waals surface area contributed by atoms with Crippen LogP contribution in [-0.2, 0) is 24.2 Å². The lowest BCUT2D eigenvalue weighted by atomic mass is 9.95. The highest BCUT2D eigenvalue weighted by Crippen LogP contribution is 2.38. The van der Waals surface area contributed by atoms with Gasteiger partial charge in [-0.2, -0.15) is 0 Å². The summed E-state index contributed by atoms with van der Waals surface area (Å²) in [6.07, 6.45) is 3.91. The Kier molecular flexibility index (Phi) is 5.74. The van der Waals surface area contributed by atoms with E-state index in [0.717, 1.165) is 41.0 Å². The first-order valence-electron chi connectivity index (χ1n) is 8.77. The predicted octanol–water partition coefficient (Wildman–Crippen LogP) is 2.55. The molecule has 0 bridgehead atoms. The zero-order chi connectivity index (χ0) is 19.5. The molecule has 1 aliphatic rings. The summed E-state index contributed by atoms with van der Waals surface area (Å²) in [4.78, 5) is 26.7. The number of nitrogens with two attached hydrogens (primary N) is 1. The molecule has 0 saturated carbocycles. The number of rotatable bonds is 7. The normalized spacial score (nSPS) is 13.3. The van der Waals surface area contributed by atoms with E-state index in [9.17, 15) is 9.59 Å². The molecule has 1 aliphatic carbocycles. The summed E-state index contributed by atoms with van der Waals surface area (Å²) in [5, 5.41) is 17.7. The third-order valence-electron chi connectivity index (χ3n) is 4.39. The smallest absolute Gasteiger partial charge is 0.251 e. The first kappa shape index (κ1) is 19.1. The van der Waals surface area contributed by atoms with E-state index in [4.69, 9.17) is 5.73 Å². The Labute approximate surface area is 173 Å². The first-order chi connectivity index (χ1) is 13.6. The lowest BCUT2D eigenvalue weighted by Crippen LogP contribution is -2.19. The fraction of sp³-hybridized carbons (Fsp3) is 0.353. The Bertz CT molecular complexity index is 995. The summed E-state index contributed by atoms with van der Waals surface area (Å²) < 4.78 is 1.67. The first-order valence-corrected chi connectivity index (χ1v) is 11.5. The zero-order valence-electron chi connectivity index (χ0n) is 14.9. The van der Waals surface area contributed by atoms with Crippen molar-refractivity contribution >= 4 is 51.3 Å². The van der Waals surface area contributed by atoms with E-state index in [1.807, 2.05) is 17.5 Å². The molecule has 3 N–H and O–H groups in total. The van der Waals surface area contributed by atoms with Gasteiger partial charge in [-0.15, -0.1) is 27.8 Å². The van der Waals surface area contributed by atoms with Crippen LogP contribution in [0.3, 0.4) is 0 Å². The molecule has 0 saturated heterocycles. The molecule has 3 aromatic heterocycles. The Morgan fingerprint density at radius 1 is 1.32 bits per heavy atom. The molecule has 4 rings (SSSR count). The second kappa shape index (κ2) is 8.41. The van der Waals surface area contributed by atoms with Gasteiger partial charge in [0.05, 0.1) is 17.9 Å². The van der Waals surface area contributed by atoms with Crippen LogP contribution in [0, 0.1) is 0 Å². The third-order valence-corrected chi connectivity index (χ3v) is 7.41. The summed E-state index contributed by atoms with van der Waals surface area (Å²) in [5.74, 6) is -0.551. The Morgan fingerprint density at radius 2 is 2.18 bits per heavy atom. The second-order valence-electron chi connectivity index (χ2n) is 6.31. The van der Waals surface area contributed by atoms with Crippen molar-refractivity contribution in [2.24, 2.45) is 5.73 Å². The molecular formula is C17H18N6O2S3. The maximum absolute atomic E-state index is 12.5. The molecule has 146 valence electrons. The maximum atomic E-state index is 12.5. The number of primary amides is 1. The van der Waals surface area contributed by atoms with Gasteiger partial charge in [-0.1, -0.05) is 17.8 Å². The van der Waals surface area contributed by atoms with E-state index in [2.05, 4.69) is 20.8 Å². The van der Waals surface area contributed by atoms with Crippen molar-refractivity contribution in [3.63, 3.8) is 0 Å². The third kappa shape index (κ3) is 4.10. The maximum Gasteiger partial charge on any atom is 0.251 e. The van der Waals surface area contributed by atoms with Gasteiger partial charge in [-0.3, -0.25) is 9.59 Å². The van der Waals surface area contributed by atoms with Gasteiger partial charge in [0.15, 0.2) is 0 Å². The number of tetrazole rings is 1. The highest BCUT2D eigenvalue weighted by Gasteiger charge is 2.25. The lowest BCUT2D eigenvalue weighted by Gasteiger charge is -2.11. The fourth-order valence-corrected chi connectivity index (χ4v) is 5.83. The molecule has 0 atom stereocenters. The number of hydrogen-bond acceptors (Lipinski definition) is 8. The van der Waals surface area contributed by atoms with Crippen LogP contribution < -0.4 is 11.1 Å². The Morgan fingerprint density at radius 3 is 2.96 bits per heavy atom. The molecule has 0 radical (unpaired) electrons. The molecule has 3 aromatic rings. The molecule has 0 aromatic carbocycles. The number of nitrogens with zero attached hydrogens (tertiary/aromatic N) is 4. The molecule has 8 nitrogen and oxygen atoms in total. The minimum absolute atomic E-state index is 0.144. The van der Waals surface area contributed by atoms with Gasteiger partial charge < -0.3 is 11.1 Å². The van der Waals surface area contributed by atoms with Crippen LogP contribution in [0.4, 0.5) is 5.00 Å².